The van der Waals surface area contributed by atoms with Crippen LogP contribution in [0, 0.1) is 0 Å². The fourth-order valence-corrected chi connectivity index (χ4v) is 2.84. The highest BCUT2D eigenvalue weighted by Gasteiger charge is 2.02. The van der Waals surface area contributed by atoms with Gasteiger partial charge in [-0.1, -0.05) is 37.3 Å². The minimum absolute atomic E-state index is 0.783. The van der Waals surface area contributed by atoms with Crippen LogP contribution in [0.1, 0.15) is 12.5 Å². The van der Waals surface area contributed by atoms with Crippen LogP contribution in [0.4, 0.5) is 0 Å². The minimum Gasteiger partial charge on any atom is -0.313 e. The molecule has 0 aliphatic rings. The molecule has 2 aromatic carbocycles. The van der Waals surface area contributed by atoms with E-state index in [2.05, 4.69) is 64.7 Å². The maximum atomic E-state index is 4.42. The summed E-state index contributed by atoms with van der Waals surface area (Å²) in [5.74, 6) is 0. The van der Waals surface area contributed by atoms with Crippen molar-refractivity contribution in [1.82, 2.24) is 15.3 Å². The van der Waals surface area contributed by atoms with E-state index < -0.39 is 0 Å². The maximum absolute atomic E-state index is 4.42. The van der Waals surface area contributed by atoms with Crippen molar-refractivity contribution in [2.75, 3.05) is 6.54 Å². The topological polar surface area (TPSA) is 37.8 Å². The first-order chi connectivity index (χ1) is 10.3. The molecular weight excluding hydrogens is 278 g/mol. The van der Waals surface area contributed by atoms with Gasteiger partial charge in [0.15, 0.2) is 5.16 Å². The quantitative estimate of drug-likeness (QED) is 0.725. The number of fused-ring (bicyclic) bond motifs is 1. The molecular formula is C17H17N3S. The Hall–Kier alpha value is -1.91. The number of hydrogen-bond donors (Lipinski definition) is 1. The smallest absolute Gasteiger partial charge is 0.192 e. The summed E-state index contributed by atoms with van der Waals surface area (Å²) in [6, 6.07) is 14.8. The number of rotatable bonds is 5. The van der Waals surface area contributed by atoms with E-state index in [-0.39, 0.29) is 0 Å². The van der Waals surface area contributed by atoms with Crippen molar-refractivity contribution in [3.8, 4) is 0 Å². The van der Waals surface area contributed by atoms with Gasteiger partial charge in [0.1, 0.15) is 0 Å². The molecule has 0 radical (unpaired) electrons. The maximum Gasteiger partial charge on any atom is 0.192 e. The fraction of sp³-hybridized carbons (Fsp3) is 0.176. The summed E-state index contributed by atoms with van der Waals surface area (Å²) in [6.45, 7) is 3.86. The SMILES string of the molecule is CCNCc1cnc(Sc2ccc3ccccc3c2)nc1. The Balaban J connectivity index is 1.75. The zero-order chi connectivity index (χ0) is 14.5. The van der Waals surface area contributed by atoms with E-state index in [9.17, 15) is 0 Å². The predicted molar refractivity (Wildman–Crippen MR) is 87.5 cm³/mol. The molecule has 1 heterocycles. The van der Waals surface area contributed by atoms with Gasteiger partial charge >= 0.3 is 0 Å². The first-order valence-electron chi connectivity index (χ1n) is 7.03. The van der Waals surface area contributed by atoms with E-state index in [0.717, 1.165) is 28.7 Å². The van der Waals surface area contributed by atoms with Crippen molar-refractivity contribution in [3.63, 3.8) is 0 Å². The van der Waals surface area contributed by atoms with Gasteiger partial charge in [-0.15, -0.1) is 0 Å². The Morgan fingerprint density at radius 2 is 1.76 bits per heavy atom. The third kappa shape index (κ3) is 3.60. The van der Waals surface area contributed by atoms with Crippen LogP contribution in [0.5, 0.6) is 0 Å². The Morgan fingerprint density at radius 3 is 2.52 bits per heavy atom. The monoisotopic (exact) mass is 295 g/mol. The molecule has 0 spiro atoms. The number of benzene rings is 2. The molecule has 0 saturated heterocycles. The summed E-state index contributed by atoms with van der Waals surface area (Å²) in [6.07, 6.45) is 3.78. The molecule has 21 heavy (non-hydrogen) atoms. The van der Waals surface area contributed by atoms with Crippen molar-refractivity contribution < 1.29 is 0 Å². The van der Waals surface area contributed by atoms with E-state index in [1.807, 2.05) is 12.4 Å². The van der Waals surface area contributed by atoms with Crippen LogP contribution >= 0.6 is 11.8 Å². The fourth-order valence-electron chi connectivity index (χ4n) is 2.09. The number of aromatic nitrogens is 2. The Kier molecular flexibility index (Phi) is 4.48. The summed E-state index contributed by atoms with van der Waals surface area (Å²) < 4.78 is 0. The molecule has 1 aromatic heterocycles. The van der Waals surface area contributed by atoms with Gasteiger partial charge in [-0.2, -0.15) is 0 Å². The highest BCUT2D eigenvalue weighted by Crippen LogP contribution is 2.27. The molecule has 106 valence electrons. The lowest BCUT2D eigenvalue weighted by Crippen LogP contribution is -2.12. The molecule has 3 rings (SSSR count). The molecule has 0 aliphatic carbocycles. The molecule has 0 amide bonds. The van der Waals surface area contributed by atoms with Crippen molar-refractivity contribution in [2.45, 2.75) is 23.5 Å². The molecule has 1 N–H and O–H groups in total. The Labute approximate surface area is 128 Å². The summed E-state index contributed by atoms with van der Waals surface area (Å²) in [7, 11) is 0. The number of hydrogen-bond acceptors (Lipinski definition) is 4. The normalized spacial score (nSPS) is 10.9. The van der Waals surface area contributed by atoms with E-state index in [1.165, 1.54) is 10.8 Å². The molecule has 0 atom stereocenters. The average molecular weight is 295 g/mol. The first kappa shape index (κ1) is 14.0. The second-order valence-corrected chi connectivity index (χ2v) is 5.81. The van der Waals surface area contributed by atoms with Crippen LogP contribution in [0.15, 0.2) is 64.9 Å². The van der Waals surface area contributed by atoms with E-state index in [1.54, 1.807) is 11.8 Å². The third-order valence-corrected chi connectivity index (χ3v) is 4.07. The van der Waals surface area contributed by atoms with Gasteiger partial charge in [-0.05, 0) is 41.2 Å². The van der Waals surface area contributed by atoms with Gasteiger partial charge in [0, 0.05) is 29.4 Å². The second-order valence-electron chi connectivity index (χ2n) is 4.77. The van der Waals surface area contributed by atoms with E-state index >= 15 is 0 Å². The van der Waals surface area contributed by atoms with Crippen LogP contribution in [-0.2, 0) is 6.54 Å². The lowest BCUT2D eigenvalue weighted by molar-refractivity contribution is 0.716. The lowest BCUT2D eigenvalue weighted by Gasteiger charge is -2.04. The molecule has 0 aliphatic heterocycles. The summed E-state index contributed by atoms with van der Waals surface area (Å²) in [4.78, 5) is 10.00. The van der Waals surface area contributed by atoms with E-state index in [0.29, 0.717) is 0 Å². The minimum atomic E-state index is 0.783. The van der Waals surface area contributed by atoms with Gasteiger partial charge in [-0.25, -0.2) is 9.97 Å². The van der Waals surface area contributed by atoms with Crippen LogP contribution < -0.4 is 5.32 Å². The number of nitrogens with one attached hydrogen (secondary N) is 1. The highest BCUT2D eigenvalue weighted by molar-refractivity contribution is 7.99. The Morgan fingerprint density at radius 1 is 1.00 bits per heavy atom. The Bertz CT molecular complexity index is 725. The van der Waals surface area contributed by atoms with Gasteiger partial charge < -0.3 is 5.32 Å². The third-order valence-electron chi connectivity index (χ3n) is 3.19. The molecule has 4 heteroatoms. The zero-order valence-electron chi connectivity index (χ0n) is 11.9. The van der Waals surface area contributed by atoms with Crippen LogP contribution in [0.3, 0.4) is 0 Å². The average Bonchev–Trinajstić information content (AvgIpc) is 2.54. The van der Waals surface area contributed by atoms with Gasteiger partial charge in [0.25, 0.3) is 0 Å². The predicted octanol–water partition coefficient (Wildman–Crippen LogP) is 3.89. The van der Waals surface area contributed by atoms with Crippen LogP contribution in [0.2, 0.25) is 0 Å². The number of nitrogens with zero attached hydrogens (tertiary/aromatic N) is 2. The highest BCUT2D eigenvalue weighted by atomic mass is 32.2. The molecule has 0 fully saturated rings. The summed E-state index contributed by atoms with van der Waals surface area (Å²) in [5, 5.41) is 6.55. The van der Waals surface area contributed by atoms with Crippen molar-refractivity contribution in [2.24, 2.45) is 0 Å². The first-order valence-corrected chi connectivity index (χ1v) is 7.85. The zero-order valence-corrected chi connectivity index (χ0v) is 12.7. The molecule has 0 saturated carbocycles. The molecule has 3 aromatic rings. The summed E-state index contributed by atoms with van der Waals surface area (Å²) in [5.41, 5.74) is 1.11. The molecule has 0 unspecified atom stereocenters. The van der Waals surface area contributed by atoms with Crippen molar-refractivity contribution in [3.05, 3.63) is 60.4 Å². The lowest BCUT2D eigenvalue weighted by atomic mass is 10.1. The van der Waals surface area contributed by atoms with Gasteiger partial charge in [0.05, 0.1) is 0 Å². The van der Waals surface area contributed by atoms with Crippen LogP contribution in [0.25, 0.3) is 10.8 Å². The van der Waals surface area contributed by atoms with Crippen molar-refractivity contribution >= 4 is 22.5 Å². The van der Waals surface area contributed by atoms with Crippen LogP contribution in [-0.4, -0.2) is 16.5 Å². The second kappa shape index (κ2) is 6.70. The van der Waals surface area contributed by atoms with Gasteiger partial charge in [0.2, 0.25) is 0 Å². The van der Waals surface area contributed by atoms with E-state index in [4.69, 9.17) is 0 Å². The molecule has 0 bridgehead atoms. The van der Waals surface area contributed by atoms with Crippen molar-refractivity contribution in [1.29, 1.82) is 0 Å². The van der Waals surface area contributed by atoms with Gasteiger partial charge in [-0.3, -0.25) is 0 Å². The summed E-state index contributed by atoms with van der Waals surface area (Å²) >= 11 is 1.59. The largest absolute Gasteiger partial charge is 0.313 e. The standard InChI is InChI=1S/C17H17N3S/c1-2-18-10-13-11-19-17(20-12-13)21-16-8-7-14-5-3-4-6-15(14)9-16/h3-9,11-12,18H,2,10H2,1H3. The molecule has 3 nitrogen and oxygen atoms in total.